The maximum absolute atomic E-state index is 12.2. The first-order valence-corrected chi connectivity index (χ1v) is 7.00. The molecule has 0 aromatic carbocycles. The predicted octanol–water partition coefficient (Wildman–Crippen LogP) is 0.590. The van der Waals surface area contributed by atoms with Gasteiger partial charge in [0.05, 0.1) is 17.3 Å². The van der Waals surface area contributed by atoms with Crippen LogP contribution >= 0.6 is 11.3 Å². The summed E-state index contributed by atoms with van der Waals surface area (Å²) in [6.07, 6.45) is 1.35. The maximum Gasteiger partial charge on any atom is 0.265 e. The smallest absolute Gasteiger partial charge is 0.265 e. The molecule has 100 valence electrons. The molecule has 2 heterocycles. The van der Waals surface area contributed by atoms with Crippen LogP contribution in [0.1, 0.15) is 21.6 Å². The van der Waals surface area contributed by atoms with Crippen LogP contribution < -0.4 is 0 Å². The fraction of sp³-hybridized carbons (Fsp3) is 0.667. The van der Waals surface area contributed by atoms with E-state index in [9.17, 15) is 9.90 Å². The van der Waals surface area contributed by atoms with Gasteiger partial charge in [0, 0.05) is 32.7 Å². The van der Waals surface area contributed by atoms with E-state index in [4.69, 9.17) is 0 Å². The zero-order valence-electron chi connectivity index (χ0n) is 10.8. The molecule has 0 aliphatic carbocycles. The molecule has 0 unspecified atom stereocenters. The van der Waals surface area contributed by atoms with E-state index in [1.165, 1.54) is 11.3 Å². The molecular formula is C12H19N3O2S. The first-order valence-electron chi connectivity index (χ1n) is 6.18. The zero-order valence-corrected chi connectivity index (χ0v) is 11.6. The van der Waals surface area contributed by atoms with Gasteiger partial charge in [-0.1, -0.05) is 0 Å². The van der Waals surface area contributed by atoms with E-state index in [0.29, 0.717) is 6.54 Å². The Balaban J connectivity index is 1.88. The molecule has 1 aromatic rings. The highest BCUT2D eigenvalue weighted by Crippen LogP contribution is 2.15. The summed E-state index contributed by atoms with van der Waals surface area (Å²) in [7, 11) is 0. The molecule has 0 radical (unpaired) electrons. The lowest BCUT2D eigenvalue weighted by Gasteiger charge is -2.34. The number of nitrogens with zero attached hydrogens (tertiary/aromatic N) is 3. The highest BCUT2D eigenvalue weighted by atomic mass is 32.1. The summed E-state index contributed by atoms with van der Waals surface area (Å²) in [5.74, 6) is 0.0808. The van der Waals surface area contributed by atoms with E-state index >= 15 is 0 Å². The SMILES string of the molecule is Cc1ncc(C(=O)N2CCN(C[C@H](C)O)CC2)s1. The molecule has 5 nitrogen and oxygen atoms in total. The normalized spacial score (nSPS) is 18.9. The van der Waals surface area contributed by atoms with Gasteiger partial charge in [-0.25, -0.2) is 4.98 Å². The topological polar surface area (TPSA) is 56.7 Å². The van der Waals surface area contributed by atoms with Gasteiger partial charge < -0.3 is 10.0 Å². The largest absolute Gasteiger partial charge is 0.392 e. The van der Waals surface area contributed by atoms with Crippen LogP contribution in [0.2, 0.25) is 0 Å². The summed E-state index contributed by atoms with van der Waals surface area (Å²) in [5, 5.41) is 10.3. The second kappa shape index (κ2) is 5.77. The maximum atomic E-state index is 12.2. The van der Waals surface area contributed by atoms with Crippen LogP contribution in [0.25, 0.3) is 0 Å². The summed E-state index contributed by atoms with van der Waals surface area (Å²) in [6, 6.07) is 0. The van der Waals surface area contributed by atoms with Crippen LogP contribution in [0.3, 0.4) is 0 Å². The number of β-amino-alcohol motifs (C(OH)–C–C–N with tert-alkyl or cyclic N) is 1. The molecule has 2 rings (SSSR count). The number of aryl methyl sites for hydroxylation is 1. The van der Waals surface area contributed by atoms with Crippen molar-refractivity contribution in [3.05, 3.63) is 16.1 Å². The van der Waals surface area contributed by atoms with E-state index < -0.39 is 0 Å². The number of carbonyl (C=O) groups is 1. The molecule has 1 saturated heterocycles. The third kappa shape index (κ3) is 3.28. The van der Waals surface area contributed by atoms with Gasteiger partial charge in [0.15, 0.2) is 0 Å². The Morgan fingerprint density at radius 1 is 1.50 bits per heavy atom. The molecule has 0 spiro atoms. The van der Waals surface area contributed by atoms with Crippen molar-refractivity contribution in [2.24, 2.45) is 0 Å². The van der Waals surface area contributed by atoms with Crippen molar-refractivity contribution in [2.45, 2.75) is 20.0 Å². The van der Waals surface area contributed by atoms with Crippen LogP contribution in [-0.4, -0.2) is 64.6 Å². The number of hydrogen-bond acceptors (Lipinski definition) is 5. The fourth-order valence-electron chi connectivity index (χ4n) is 2.12. The van der Waals surface area contributed by atoms with E-state index in [1.807, 2.05) is 11.8 Å². The van der Waals surface area contributed by atoms with Gasteiger partial charge in [-0.15, -0.1) is 11.3 Å². The Bertz CT molecular complexity index is 411. The number of amides is 1. The van der Waals surface area contributed by atoms with Gasteiger partial charge in [0.2, 0.25) is 0 Å². The Morgan fingerprint density at radius 2 is 2.17 bits per heavy atom. The second-order valence-corrected chi connectivity index (χ2v) is 5.92. The minimum Gasteiger partial charge on any atom is -0.392 e. The molecule has 1 amide bonds. The number of rotatable bonds is 3. The Labute approximate surface area is 111 Å². The van der Waals surface area contributed by atoms with Gasteiger partial charge in [0.25, 0.3) is 5.91 Å². The van der Waals surface area contributed by atoms with Crippen molar-refractivity contribution in [3.63, 3.8) is 0 Å². The number of thiazole rings is 1. The summed E-state index contributed by atoms with van der Waals surface area (Å²) < 4.78 is 0. The molecule has 1 aliphatic heterocycles. The van der Waals surface area contributed by atoms with Crippen LogP contribution in [0.4, 0.5) is 0 Å². The summed E-state index contributed by atoms with van der Waals surface area (Å²) in [5.41, 5.74) is 0. The number of carbonyl (C=O) groups excluding carboxylic acids is 1. The summed E-state index contributed by atoms with van der Waals surface area (Å²) in [4.78, 5) is 21.1. The van der Waals surface area contributed by atoms with Gasteiger partial charge >= 0.3 is 0 Å². The second-order valence-electron chi connectivity index (χ2n) is 4.69. The summed E-state index contributed by atoms with van der Waals surface area (Å²) in [6.45, 7) is 7.48. The van der Waals surface area contributed by atoms with Crippen LogP contribution in [0.15, 0.2) is 6.20 Å². The van der Waals surface area contributed by atoms with Crippen molar-refractivity contribution in [1.82, 2.24) is 14.8 Å². The van der Waals surface area contributed by atoms with E-state index in [-0.39, 0.29) is 12.0 Å². The van der Waals surface area contributed by atoms with Crippen LogP contribution in [-0.2, 0) is 0 Å². The zero-order chi connectivity index (χ0) is 13.1. The lowest BCUT2D eigenvalue weighted by molar-refractivity contribution is 0.0558. The fourth-order valence-corrected chi connectivity index (χ4v) is 2.87. The molecular weight excluding hydrogens is 250 g/mol. The average molecular weight is 269 g/mol. The van der Waals surface area contributed by atoms with Crippen molar-refractivity contribution < 1.29 is 9.90 Å². The average Bonchev–Trinajstić information content (AvgIpc) is 2.75. The number of piperazine rings is 1. The molecule has 18 heavy (non-hydrogen) atoms. The minimum absolute atomic E-state index is 0.0808. The van der Waals surface area contributed by atoms with E-state index in [1.54, 1.807) is 13.1 Å². The Morgan fingerprint density at radius 3 is 2.67 bits per heavy atom. The number of aromatic nitrogens is 1. The van der Waals surface area contributed by atoms with E-state index in [2.05, 4.69) is 9.88 Å². The number of hydrogen-bond donors (Lipinski definition) is 1. The lowest BCUT2D eigenvalue weighted by Crippen LogP contribution is -2.50. The molecule has 0 saturated carbocycles. The van der Waals surface area contributed by atoms with Gasteiger partial charge in [-0.3, -0.25) is 9.69 Å². The number of aliphatic hydroxyl groups excluding tert-OH is 1. The van der Waals surface area contributed by atoms with Crippen molar-refractivity contribution in [2.75, 3.05) is 32.7 Å². The molecule has 6 heteroatoms. The lowest BCUT2D eigenvalue weighted by atomic mass is 10.2. The third-order valence-electron chi connectivity index (χ3n) is 3.01. The first-order chi connectivity index (χ1) is 8.56. The highest BCUT2D eigenvalue weighted by Gasteiger charge is 2.23. The minimum atomic E-state index is -0.309. The molecule has 1 N–H and O–H groups in total. The molecule has 1 aromatic heterocycles. The van der Waals surface area contributed by atoms with Crippen molar-refractivity contribution in [3.8, 4) is 0 Å². The molecule has 1 fully saturated rings. The van der Waals surface area contributed by atoms with Gasteiger partial charge in [-0.05, 0) is 13.8 Å². The predicted molar refractivity (Wildman–Crippen MR) is 70.9 cm³/mol. The van der Waals surface area contributed by atoms with Crippen LogP contribution in [0, 0.1) is 6.92 Å². The molecule has 0 bridgehead atoms. The molecule has 1 aliphatic rings. The Hall–Kier alpha value is -0.980. The number of aliphatic hydroxyl groups is 1. The molecule has 1 atom stereocenters. The van der Waals surface area contributed by atoms with Gasteiger partial charge in [-0.2, -0.15) is 0 Å². The summed E-state index contributed by atoms with van der Waals surface area (Å²) >= 11 is 1.45. The van der Waals surface area contributed by atoms with Crippen LogP contribution in [0.5, 0.6) is 0 Å². The van der Waals surface area contributed by atoms with Crippen molar-refractivity contribution >= 4 is 17.2 Å². The third-order valence-corrected chi connectivity index (χ3v) is 3.91. The Kier molecular flexibility index (Phi) is 4.31. The van der Waals surface area contributed by atoms with Gasteiger partial charge in [0.1, 0.15) is 4.88 Å². The first kappa shape index (κ1) is 13.5. The quantitative estimate of drug-likeness (QED) is 0.872. The monoisotopic (exact) mass is 269 g/mol. The van der Waals surface area contributed by atoms with Crippen molar-refractivity contribution in [1.29, 1.82) is 0 Å². The standard InChI is InChI=1S/C12H19N3O2S/c1-9(16)8-14-3-5-15(6-4-14)12(17)11-7-13-10(2)18-11/h7,9,16H,3-6,8H2,1-2H3/t9-/m0/s1. The van der Waals surface area contributed by atoms with E-state index in [0.717, 1.165) is 36.1 Å². The highest BCUT2D eigenvalue weighted by molar-refractivity contribution is 7.13.